The van der Waals surface area contributed by atoms with Gasteiger partial charge in [-0.05, 0) is 32.1 Å². The largest absolute Gasteiger partial charge is 0.370 e. The second-order valence-electron chi connectivity index (χ2n) is 5.45. The second kappa shape index (κ2) is 8.82. The molecular formula is C14H25N6OS+. The Hall–Kier alpha value is -1.51. The van der Waals surface area contributed by atoms with Gasteiger partial charge < -0.3 is 15.0 Å². The summed E-state index contributed by atoms with van der Waals surface area (Å²) >= 11 is 5.22. The van der Waals surface area contributed by atoms with Crippen LogP contribution in [0, 0.1) is 13.8 Å². The van der Waals surface area contributed by atoms with Gasteiger partial charge in [0.2, 0.25) is 5.95 Å². The monoisotopic (exact) mass is 325 g/mol. The maximum absolute atomic E-state index is 5.35. The van der Waals surface area contributed by atoms with Crippen molar-refractivity contribution in [3.63, 3.8) is 0 Å². The van der Waals surface area contributed by atoms with Crippen molar-refractivity contribution in [2.75, 3.05) is 44.8 Å². The average Bonchev–Trinajstić information content (AvgIpc) is 2.50. The van der Waals surface area contributed by atoms with Gasteiger partial charge in [-0.15, -0.1) is 0 Å². The van der Waals surface area contributed by atoms with Crippen LogP contribution in [0.3, 0.4) is 0 Å². The molecule has 0 saturated carbocycles. The van der Waals surface area contributed by atoms with Gasteiger partial charge in [0.1, 0.15) is 13.1 Å². The molecule has 1 fully saturated rings. The topological polar surface area (TPSA) is 75.5 Å². The smallest absolute Gasteiger partial charge is 0.242 e. The van der Waals surface area contributed by atoms with Gasteiger partial charge >= 0.3 is 0 Å². The minimum Gasteiger partial charge on any atom is -0.370 e. The summed E-state index contributed by atoms with van der Waals surface area (Å²) in [7, 11) is 0. The molecule has 1 aliphatic rings. The van der Waals surface area contributed by atoms with Crippen molar-refractivity contribution in [2.45, 2.75) is 20.3 Å². The Morgan fingerprint density at radius 3 is 2.64 bits per heavy atom. The van der Waals surface area contributed by atoms with Gasteiger partial charge in [-0.3, -0.25) is 10.9 Å². The number of hydrogen-bond donors (Lipinski definition) is 4. The number of aromatic nitrogens is 2. The van der Waals surface area contributed by atoms with Gasteiger partial charge in [0, 0.05) is 24.4 Å². The number of thiocarbonyl (C=S) groups is 1. The number of nitrogens with zero attached hydrogens (tertiary/aromatic N) is 2. The van der Waals surface area contributed by atoms with Crippen molar-refractivity contribution in [3.8, 4) is 0 Å². The van der Waals surface area contributed by atoms with Crippen LogP contribution in [0.15, 0.2) is 6.07 Å². The molecule has 0 aliphatic carbocycles. The molecule has 0 atom stereocenters. The zero-order chi connectivity index (χ0) is 15.8. The fourth-order valence-corrected chi connectivity index (χ4v) is 2.54. The van der Waals surface area contributed by atoms with Crippen molar-refractivity contribution < 1.29 is 9.64 Å². The second-order valence-corrected chi connectivity index (χ2v) is 5.85. The predicted octanol–water partition coefficient (Wildman–Crippen LogP) is -0.810. The molecule has 0 unspecified atom stereocenters. The SMILES string of the molecule is Cc1cc(C)nc(NNC(=S)NCCC[NH+]2CCOCC2)n1. The molecule has 1 saturated heterocycles. The average molecular weight is 325 g/mol. The van der Waals surface area contributed by atoms with Crippen molar-refractivity contribution in [1.82, 2.24) is 20.7 Å². The normalized spacial score (nSPS) is 15.4. The van der Waals surface area contributed by atoms with E-state index >= 15 is 0 Å². The Morgan fingerprint density at radius 2 is 1.95 bits per heavy atom. The van der Waals surface area contributed by atoms with Crippen LogP contribution in [0.2, 0.25) is 0 Å². The van der Waals surface area contributed by atoms with Crippen LogP contribution in [0.5, 0.6) is 0 Å². The predicted molar refractivity (Wildman–Crippen MR) is 89.9 cm³/mol. The molecule has 1 aromatic rings. The molecule has 0 radical (unpaired) electrons. The van der Waals surface area contributed by atoms with Crippen LogP contribution in [-0.2, 0) is 4.74 Å². The van der Waals surface area contributed by atoms with Crippen molar-refractivity contribution in [1.29, 1.82) is 0 Å². The van der Waals surface area contributed by atoms with E-state index in [4.69, 9.17) is 17.0 Å². The summed E-state index contributed by atoms with van der Waals surface area (Å²) < 4.78 is 5.35. The third-order valence-electron chi connectivity index (χ3n) is 3.46. The highest BCUT2D eigenvalue weighted by Crippen LogP contribution is 2.01. The Kier molecular flexibility index (Phi) is 6.75. The van der Waals surface area contributed by atoms with Crippen LogP contribution >= 0.6 is 12.2 Å². The summed E-state index contributed by atoms with van der Waals surface area (Å²) in [4.78, 5) is 10.2. The lowest BCUT2D eigenvalue weighted by atomic mass is 10.3. The fraction of sp³-hybridized carbons (Fsp3) is 0.643. The molecule has 22 heavy (non-hydrogen) atoms. The molecule has 0 bridgehead atoms. The van der Waals surface area contributed by atoms with Gasteiger partial charge in [0.05, 0.1) is 19.8 Å². The summed E-state index contributed by atoms with van der Waals surface area (Å²) in [6, 6.07) is 1.93. The van der Waals surface area contributed by atoms with E-state index in [0.717, 1.165) is 57.2 Å². The minimum atomic E-state index is 0.527. The van der Waals surface area contributed by atoms with Crippen LogP contribution in [0.1, 0.15) is 17.8 Å². The minimum absolute atomic E-state index is 0.527. The van der Waals surface area contributed by atoms with E-state index in [1.807, 2.05) is 19.9 Å². The molecule has 0 aromatic carbocycles. The van der Waals surface area contributed by atoms with E-state index in [2.05, 4.69) is 26.1 Å². The van der Waals surface area contributed by atoms with Crippen LogP contribution in [0.4, 0.5) is 5.95 Å². The van der Waals surface area contributed by atoms with E-state index in [9.17, 15) is 0 Å². The number of rotatable bonds is 6. The highest BCUT2D eigenvalue weighted by molar-refractivity contribution is 7.80. The first kappa shape index (κ1) is 16.9. The number of nitrogens with one attached hydrogen (secondary N) is 4. The Labute approximate surface area is 136 Å². The number of hydrogen-bond acceptors (Lipinski definition) is 5. The summed E-state index contributed by atoms with van der Waals surface area (Å²) in [5.41, 5.74) is 7.67. The first-order valence-corrected chi connectivity index (χ1v) is 8.08. The first-order valence-electron chi connectivity index (χ1n) is 7.67. The summed E-state index contributed by atoms with van der Waals surface area (Å²) in [5.74, 6) is 0.527. The third-order valence-corrected chi connectivity index (χ3v) is 3.71. The molecule has 0 amide bonds. The zero-order valence-corrected chi connectivity index (χ0v) is 14.1. The zero-order valence-electron chi connectivity index (χ0n) is 13.2. The summed E-state index contributed by atoms with van der Waals surface area (Å²) in [6.45, 7) is 9.83. The Balaban J connectivity index is 1.59. The van der Waals surface area contributed by atoms with Gasteiger partial charge in [-0.2, -0.15) is 0 Å². The van der Waals surface area contributed by atoms with E-state index in [-0.39, 0.29) is 0 Å². The standard InChI is InChI=1S/C14H24N6OS/c1-11-10-12(2)17-13(16-11)18-19-14(22)15-4-3-5-20-6-8-21-9-7-20/h10H,3-9H2,1-2H3,(H2,15,19,22)(H,16,17,18)/p+1. The molecule has 1 aromatic heterocycles. The number of hydrazine groups is 1. The Morgan fingerprint density at radius 1 is 1.27 bits per heavy atom. The van der Waals surface area contributed by atoms with Crippen LogP contribution < -0.4 is 21.1 Å². The molecule has 122 valence electrons. The lowest BCUT2D eigenvalue weighted by Gasteiger charge is -2.23. The molecular weight excluding hydrogens is 300 g/mol. The van der Waals surface area contributed by atoms with Gasteiger partial charge in [-0.25, -0.2) is 9.97 Å². The molecule has 1 aliphatic heterocycles. The van der Waals surface area contributed by atoms with Crippen molar-refractivity contribution in [3.05, 3.63) is 17.5 Å². The van der Waals surface area contributed by atoms with Gasteiger partial charge in [0.25, 0.3) is 0 Å². The van der Waals surface area contributed by atoms with E-state index < -0.39 is 0 Å². The van der Waals surface area contributed by atoms with E-state index in [1.165, 1.54) is 0 Å². The van der Waals surface area contributed by atoms with Crippen LogP contribution in [-0.4, -0.2) is 54.5 Å². The molecule has 0 spiro atoms. The van der Waals surface area contributed by atoms with E-state index in [1.54, 1.807) is 4.90 Å². The maximum atomic E-state index is 5.35. The van der Waals surface area contributed by atoms with Gasteiger partial charge in [0.15, 0.2) is 5.11 Å². The number of quaternary nitrogens is 1. The molecule has 4 N–H and O–H groups in total. The highest BCUT2D eigenvalue weighted by Gasteiger charge is 2.12. The molecule has 2 heterocycles. The molecule has 2 rings (SSSR count). The Bertz CT molecular complexity index is 472. The highest BCUT2D eigenvalue weighted by atomic mass is 32.1. The number of anilines is 1. The number of morpholine rings is 1. The van der Waals surface area contributed by atoms with Crippen molar-refractivity contribution >= 4 is 23.3 Å². The number of aryl methyl sites for hydroxylation is 2. The summed E-state index contributed by atoms with van der Waals surface area (Å²) in [6.07, 6.45) is 1.08. The summed E-state index contributed by atoms with van der Waals surface area (Å²) in [5, 5.41) is 3.73. The lowest BCUT2D eigenvalue weighted by Crippen LogP contribution is -3.14. The molecule has 7 nitrogen and oxygen atoms in total. The maximum Gasteiger partial charge on any atom is 0.242 e. The van der Waals surface area contributed by atoms with Crippen molar-refractivity contribution in [2.24, 2.45) is 0 Å². The fourth-order valence-electron chi connectivity index (χ4n) is 2.39. The molecule has 8 heteroatoms. The quantitative estimate of drug-likeness (QED) is 0.310. The van der Waals surface area contributed by atoms with Crippen LogP contribution in [0.25, 0.3) is 0 Å². The lowest BCUT2D eigenvalue weighted by molar-refractivity contribution is -0.908. The van der Waals surface area contributed by atoms with Gasteiger partial charge in [-0.1, -0.05) is 0 Å². The first-order chi connectivity index (χ1) is 10.6. The third kappa shape index (κ3) is 6.08. The van der Waals surface area contributed by atoms with E-state index in [0.29, 0.717) is 11.1 Å². The number of ether oxygens (including phenoxy) is 1.